The number of hydrogen-bond donors (Lipinski definition) is 0. The van der Waals surface area contributed by atoms with Crippen molar-refractivity contribution in [3.05, 3.63) is 360 Å². The molecule has 0 unspecified atom stereocenters. The van der Waals surface area contributed by atoms with Gasteiger partial charge in [0.25, 0.3) is 0 Å². The van der Waals surface area contributed by atoms with Crippen LogP contribution in [-0.2, 0) is 21.7 Å². The molecule has 0 atom stereocenters. The molecular weight excluding hydrogens is 1210 g/mol. The first-order valence-electron chi connectivity index (χ1n) is 35.0. The Kier molecular flexibility index (Phi) is 13.9. The topological polar surface area (TPSA) is 6.48 Å². The Hall–Kier alpha value is -11.1. The van der Waals surface area contributed by atoms with Crippen LogP contribution in [0.4, 0.5) is 34.1 Å². The van der Waals surface area contributed by atoms with E-state index in [-0.39, 0.29) is 21.7 Å². The first kappa shape index (κ1) is 60.3. The summed E-state index contributed by atoms with van der Waals surface area (Å²) < 4.78 is 2.66. The van der Waals surface area contributed by atoms with Crippen molar-refractivity contribution in [1.82, 2.24) is 0 Å². The number of fused-ring (bicyclic) bond motifs is 16. The van der Waals surface area contributed by atoms with E-state index < -0.39 is 0 Å². The third-order valence-corrected chi connectivity index (χ3v) is 23.7. The van der Waals surface area contributed by atoms with Gasteiger partial charge in [-0.05, 0) is 190 Å². The van der Waals surface area contributed by atoms with E-state index in [0.717, 1.165) is 22.7 Å². The highest BCUT2D eigenvalue weighted by Crippen LogP contribution is 2.58. The van der Waals surface area contributed by atoms with Crippen molar-refractivity contribution in [3.8, 4) is 77.9 Å². The minimum Gasteiger partial charge on any atom is -0.310 e. The van der Waals surface area contributed by atoms with E-state index in [1.54, 1.807) is 0 Å². The molecule has 15 aromatic rings. The summed E-state index contributed by atoms with van der Waals surface area (Å²) in [5.41, 5.74) is 36.2. The molecular formula is C96H76N2S. The van der Waals surface area contributed by atoms with Crippen LogP contribution in [-0.4, -0.2) is 0 Å². The Labute approximate surface area is 586 Å². The number of thiophene rings is 1. The molecule has 0 radical (unpaired) electrons. The van der Waals surface area contributed by atoms with Gasteiger partial charge in [0.1, 0.15) is 0 Å². The summed E-state index contributed by atoms with van der Waals surface area (Å²) in [7, 11) is 0. The largest absolute Gasteiger partial charge is 0.310 e. The van der Waals surface area contributed by atoms with Crippen molar-refractivity contribution in [2.75, 3.05) is 9.80 Å². The zero-order chi connectivity index (χ0) is 67.1. The van der Waals surface area contributed by atoms with E-state index in [9.17, 15) is 0 Å². The maximum atomic E-state index is 2.47. The van der Waals surface area contributed by atoms with Crippen LogP contribution in [0.3, 0.4) is 0 Å². The van der Waals surface area contributed by atoms with Crippen LogP contribution in [0.25, 0.3) is 98.1 Å². The number of nitrogens with zero attached hydrogens (tertiary/aromatic N) is 2. The van der Waals surface area contributed by atoms with Crippen LogP contribution in [0.2, 0.25) is 0 Å². The van der Waals surface area contributed by atoms with E-state index in [1.807, 2.05) is 11.3 Å². The molecule has 0 fully saturated rings. The molecule has 0 spiro atoms. The van der Waals surface area contributed by atoms with Crippen LogP contribution in [0, 0.1) is 0 Å². The maximum Gasteiger partial charge on any atom is 0.0640 e. The summed E-state index contributed by atoms with van der Waals surface area (Å²) in [4.78, 5) is 4.90. The molecule has 0 aliphatic heterocycles. The summed E-state index contributed by atoms with van der Waals surface area (Å²) in [6, 6.07) is 117. The summed E-state index contributed by atoms with van der Waals surface area (Å²) in [5.74, 6) is 0. The average molecular weight is 1290 g/mol. The lowest BCUT2D eigenvalue weighted by molar-refractivity contribution is 0.660. The second-order valence-electron chi connectivity index (χ2n) is 29.5. The van der Waals surface area contributed by atoms with Crippen LogP contribution < -0.4 is 9.80 Å². The van der Waals surface area contributed by atoms with Gasteiger partial charge < -0.3 is 9.80 Å². The van der Waals surface area contributed by atoms with Gasteiger partial charge in [0, 0.05) is 65.4 Å². The monoisotopic (exact) mass is 1290 g/mol. The SMILES string of the molecule is CC1(C)c2ccccc2-c2ccc(-c3ccc(N(c4ccccc4)c4cccc5c4sc4ccc6c(c45)C(C)(C)c4ccccc4-6)cc3)cc21.CC1(C)c2ccccc2-c2ccc(N(c3ccc(-c4ccccc4)cc3)c3ccccc3-c3cccc4c3-c3ccccc3C4(C)C)cc21. The number of rotatable bonds is 9. The molecule has 0 saturated heterocycles. The zero-order valence-electron chi connectivity index (χ0n) is 57.3. The molecule has 0 bridgehead atoms. The molecule has 0 saturated carbocycles. The molecule has 0 amide bonds. The molecule has 476 valence electrons. The Morgan fingerprint density at radius 2 is 0.636 bits per heavy atom. The zero-order valence-corrected chi connectivity index (χ0v) is 58.1. The lowest BCUT2D eigenvalue weighted by atomic mass is 9.80. The van der Waals surface area contributed by atoms with Crippen molar-refractivity contribution in [1.29, 1.82) is 0 Å². The molecule has 4 aliphatic carbocycles. The number of anilines is 6. The lowest BCUT2D eigenvalue weighted by Gasteiger charge is -2.30. The summed E-state index contributed by atoms with van der Waals surface area (Å²) in [5, 5.41) is 2.73. The van der Waals surface area contributed by atoms with Crippen molar-refractivity contribution in [2.45, 2.75) is 77.0 Å². The molecule has 14 aromatic carbocycles. The highest BCUT2D eigenvalue weighted by atomic mass is 32.1. The van der Waals surface area contributed by atoms with Gasteiger partial charge in [-0.3, -0.25) is 0 Å². The van der Waals surface area contributed by atoms with E-state index in [2.05, 4.69) is 381 Å². The fourth-order valence-corrected chi connectivity index (χ4v) is 18.8. The normalized spacial score (nSPS) is 14.6. The van der Waals surface area contributed by atoms with Crippen molar-refractivity contribution < 1.29 is 0 Å². The number of hydrogen-bond acceptors (Lipinski definition) is 3. The van der Waals surface area contributed by atoms with Crippen molar-refractivity contribution >= 4 is 65.6 Å². The Balaban J connectivity index is 0.000000143. The highest BCUT2D eigenvalue weighted by molar-refractivity contribution is 7.26. The Bertz CT molecular complexity index is 5730. The Morgan fingerprint density at radius 3 is 1.27 bits per heavy atom. The maximum absolute atomic E-state index is 2.47. The van der Waals surface area contributed by atoms with Gasteiger partial charge in [-0.25, -0.2) is 0 Å². The van der Waals surface area contributed by atoms with Crippen LogP contribution >= 0.6 is 11.3 Å². The molecule has 0 N–H and O–H groups in total. The van der Waals surface area contributed by atoms with Gasteiger partial charge in [-0.1, -0.05) is 298 Å². The Morgan fingerprint density at radius 1 is 0.242 bits per heavy atom. The van der Waals surface area contributed by atoms with E-state index in [0.29, 0.717) is 0 Å². The first-order valence-corrected chi connectivity index (χ1v) is 35.8. The van der Waals surface area contributed by atoms with E-state index >= 15 is 0 Å². The fraction of sp³-hybridized carbons (Fsp3) is 0.125. The van der Waals surface area contributed by atoms with Crippen molar-refractivity contribution in [2.24, 2.45) is 0 Å². The number of para-hydroxylation sites is 2. The van der Waals surface area contributed by atoms with Crippen LogP contribution in [0.5, 0.6) is 0 Å². The van der Waals surface area contributed by atoms with Gasteiger partial charge in [-0.2, -0.15) is 0 Å². The molecule has 1 heterocycles. The summed E-state index contributed by atoms with van der Waals surface area (Å²) in [6.45, 7) is 18.9. The lowest BCUT2D eigenvalue weighted by Crippen LogP contribution is -2.17. The molecule has 99 heavy (non-hydrogen) atoms. The van der Waals surface area contributed by atoms with Crippen LogP contribution in [0.1, 0.15) is 99.9 Å². The van der Waals surface area contributed by atoms with Crippen LogP contribution in [0.15, 0.2) is 315 Å². The second kappa shape index (κ2) is 22.7. The summed E-state index contributed by atoms with van der Waals surface area (Å²) in [6.07, 6.45) is 0. The molecule has 19 rings (SSSR count). The predicted octanol–water partition coefficient (Wildman–Crippen LogP) is 26.9. The minimum absolute atomic E-state index is 0.0208. The third-order valence-electron chi connectivity index (χ3n) is 22.6. The molecule has 1 aromatic heterocycles. The third kappa shape index (κ3) is 9.34. The fourth-order valence-electron chi connectivity index (χ4n) is 17.6. The van der Waals surface area contributed by atoms with E-state index in [4.69, 9.17) is 0 Å². The standard InChI is InChI=1S/C48H37NS.C48H39N/c1-47(2)39-18-10-8-15-34(39)36-26-23-31(29-41(36)47)30-21-24-33(25-22-30)49(32-13-6-5-7-14-32)42-20-12-17-38-44-43(50-46(38)42)28-27-37-35-16-9-11-19-40(35)48(3,4)45(37)44;1-47(2)42-22-12-9-19-40(42)46-39(20-14-23-43(46)47)38-18-10-13-24-45(38)49(34-27-25-33(26-28-34)32-15-6-5-7-16-32)35-29-30-37-36-17-8-11-21-41(36)48(3,4)44(37)31-35/h5-29H,1-4H3;5-31H,1-4H3. The van der Waals surface area contributed by atoms with Gasteiger partial charge in [0.05, 0.1) is 16.1 Å². The highest BCUT2D eigenvalue weighted by Gasteiger charge is 2.41. The molecule has 2 nitrogen and oxygen atoms in total. The van der Waals surface area contributed by atoms with Crippen molar-refractivity contribution in [3.63, 3.8) is 0 Å². The summed E-state index contributed by atoms with van der Waals surface area (Å²) >= 11 is 1.92. The second-order valence-corrected chi connectivity index (χ2v) is 30.6. The minimum atomic E-state index is -0.0974. The average Bonchev–Trinajstić information content (AvgIpc) is 1.57. The predicted molar refractivity (Wildman–Crippen MR) is 422 cm³/mol. The number of benzene rings is 14. The smallest absolute Gasteiger partial charge is 0.0640 e. The van der Waals surface area contributed by atoms with Gasteiger partial charge >= 0.3 is 0 Å². The molecule has 4 aliphatic rings. The quantitative estimate of drug-likeness (QED) is 0.142. The van der Waals surface area contributed by atoms with Gasteiger partial charge in [0.2, 0.25) is 0 Å². The van der Waals surface area contributed by atoms with E-state index in [1.165, 1.54) is 154 Å². The van der Waals surface area contributed by atoms with Gasteiger partial charge in [0.15, 0.2) is 0 Å². The molecule has 3 heteroatoms. The first-order chi connectivity index (χ1) is 48.2. The van der Waals surface area contributed by atoms with Gasteiger partial charge in [-0.15, -0.1) is 11.3 Å².